The summed E-state index contributed by atoms with van der Waals surface area (Å²) in [5.41, 5.74) is 7.24. The molecule has 0 aliphatic carbocycles. The predicted octanol–water partition coefficient (Wildman–Crippen LogP) is 6.25. The van der Waals surface area contributed by atoms with E-state index in [4.69, 9.17) is 9.47 Å². The lowest BCUT2D eigenvalue weighted by molar-refractivity contribution is -0.0341. The molecule has 0 bridgehead atoms. The van der Waals surface area contributed by atoms with E-state index in [1.165, 1.54) is 16.8 Å². The Hall–Kier alpha value is -2.98. The summed E-state index contributed by atoms with van der Waals surface area (Å²) in [6.45, 7) is 10.0. The summed E-state index contributed by atoms with van der Waals surface area (Å²) in [6, 6.07) is 19.0. The van der Waals surface area contributed by atoms with Gasteiger partial charge in [-0.3, -0.25) is 0 Å². The minimum Gasteiger partial charge on any atom is -0.507 e. The van der Waals surface area contributed by atoms with Crippen LogP contribution in [0.4, 0.5) is 5.69 Å². The van der Waals surface area contributed by atoms with Gasteiger partial charge < -0.3 is 19.5 Å². The van der Waals surface area contributed by atoms with Gasteiger partial charge in [0, 0.05) is 24.8 Å². The number of aromatic hydroxyl groups is 1. The van der Waals surface area contributed by atoms with Gasteiger partial charge in [-0.2, -0.15) is 0 Å². The second kappa shape index (κ2) is 9.48. The van der Waals surface area contributed by atoms with Gasteiger partial charge in [0.25, 0.3) is 0 Å². The van der Waals surface area contributed by atoms with Crippen LogP contribution in [0.25, 0.3) is 0 Å². The van der Waals surface area contributed by atoms with E-state index < -0.39 is 0 Å². The summed E-state index contributed by atoms with van der Waals surface area (Å²) in [6.07, 6.45) is 1.75. The van der Waals surface area contributed by atoms with Gasteiger partial charge in [-0.25, -0.2) is 0 Å². The number of benzene rings is 3. The fraction of sp³-hybridized carbons (Fsp3) is 0.379. The Bertz CT molecular complexity index is 1130. The van der Waals surface area contributed by atoms with E-state index >= 15 is 0 Å². The molecule has 3 aromatic carbocycles. The van der Waals surface area contributed by atoms with Crippen molar-refractivity contribution in [1.29, 1.82) is 0 Å². The van der Waals surface area contributed by atoms with Crippen molar-refractivity contribution >= 4 is 5.69 Å². The number of nitrogens with zero attached hydrogens (tertiary/aromatic N) is 1. The zero-order valence-corrected chi connectivity index (χ0v) is 20.4. The van der Waals surface area contributed by atoms with Crippen LogP contribution in [0, 0.1) is 20.8 Å². The van der Waals surface area contributed by atoms with Crippen LogP contribution in [0.5, 0.6) is 11.5 Å². The SMILES string of the molecule is Cc1c(C)c2c(c(C)c1O)CCC(C)(COCc1cccc(CN(C)c3ccccc3)c1)O2. The summed E-state index contributed by atoms with van der Waals surface area (Å²) in [4.78, 5) is 2.25. The highest BCUT2D eigenvalue weighted by molar-refractivity contribution is 5.58. The molecule has 4 heteroatoms. The van der Waals surface area contributed by atoms with Gasteiger partial charge >= 0.3 is 0 Å². The Morgan fingerprint density at radius 2 is 1.70 bits per heavy atom. The second-order valence-electron chi connectivity index (χ2n) is 9.59. The summed E-state index contributed by atoms with van der Waals surface area (Å²) in [5.74, 6) is 1.32. The molecule has 1 aliphatic heterocycles. The van der Waals surface area contributed by atoms with Crippen molar-refractivity contribution in [1.82, 2.24) is 0 Å². The van der Waals surface area contributed by atoms with Gasteiger partial charge in [-0.05, 0) is 80.5 Å². The first-order chi connectivity index (χ1) is 15.8. The van der Waals surface area contributed by atoms with Gasteiger partial charge in [0.1, 0.15) is 17.1 Å². The quantitative estimate of drug-likeness (QED) is 0.466. The van der Waals surface area contributed by atoms with Gasteiger partial charge in [-0.1, -0.05) is 42.5 Å². The average molecular weight is 446 g/mol. The van der Waals surface area contributed by atoms with Gasteiger partial charge in [0.2, 0.25) is 0 Å². The first-order valence-corrected chi connectivity index (χ1v) is 11.7. The normalized spacial score (nSPS) is 17.4. The van der Waals surface area contributed by atoms with Crippen LogP contribution in [0.15, 0.2) is 54.6 Å². The van der Waals surface area contributed by atoms with E-state index in [1.807, 2.05) is 26.8 Å². The number of phenols is 1. The van der Waals surface area contributed by atoms with Crippen molar-refractivity contribution < 1.29 is 14.6 Å². The van der Waals surface area contributed by atoms with Crippen LogP contribution in [0.1, 0.15) is 46.7 Å². The number of ether oxygens (including phenoxy) is 2. The molecule has 0 saturated heterocycles. The van der Waals surface area contributed by atoms with Crippen molar-refractivity contribution in [2.45, 2.75) is 59.3 Å². The molecule has 4 nitrogen and oxygen atoms in total. The standard InChI is InChI=1S/C29H35NO3/c1-20-21(2)28-26(22(3)27(20)31)14-15-29(4,33-28)19-32-18-24-11-9-10-23(16-24)17-30(5)25-12-7-6-8-13-25/h6-13,16,31H,14-15,17-19H2,1-5H3. The average Bonchev–Trinajstić information content (AvgIpc) is 2.82. The molecular formula is C29H35NO3. The molecule has 0 radical (unpaired) electrons. The summed E-state index contributed by atoms with van der Waals surface area (Å²) in [7, 11) is 2.11. The lowest BCUT2D eigenvalue weighted by Gasteiger charge is -2.37. The number of phenolic OH excluding ortho intramolecular Hbond substituents is 1. The van der Waals surface area contributed by atoms with Crippen molar-refractivity contribution in [3.8, 4) is 11.5 Å². The Kier molecular flexibility index (Phi) is 6.66. The minimum absolute atomic E-state index is 0.376. The minimum atomic E-state index is -0.376. The van der Waals surface area contributed by atoms with Crippen LogP contribution in [-0.4, -0.2) is 24.4 Å². The zero-order valence-electron chi connectivity index (χ0n) is 20.4. The molecule has 4 rings (SSSR count). The molecule has 1 N–H and O–H groups in total. The van der Waals surface area contributed by atoms with Crippen LogP contribution < -0.4 is 9.64 Å². The molecule has 33 heavy (non-hydrogen) atoms. The summed E-state index contributed by atoms with van der Waals surface area (Å²) in [5, 5.41) is 10.4. The predicted molar refractivity (Wildman–Crippen MR) is 134 cm³/mol. The van der Waals surface area contributed by atoms with Gasteiger partial charge in [0.05, 0.1) is 13.2 Å². The van der Waals surface area contributed by atoms with E-state index in [0.29, 0.717) is 19.0 Å². The Morgan fingerprint density at radius 1 is 0.970 bits per heavy atom. The third kappa shape index (κ3) is 5.01. The second-order valence-corrected chi connectivity index (χ2v) is 9.59. The van der Waals surface area contributed by atoms with Crippen molar-refractivity contribution in [2.75, 3.05) is 18.6 Å². The highest BCUT2D eigenvalue weighted by Crippen LogP contribution is 2.43. The van der Waals surface area contributed by atoms with Crippen LogP contribution >= 0.6 is 0 Å². The van der Waals surface area contributed by atoms with Crippen LogP contribution in [0.3, 0.4) is 0 Å². The smallest absolute Gasteiger partial charge is 0.130 e. The fourth-order valence-electron chi connectivity index (χ4n) is 4.65. The number of fused-ring (bicyclic) bond motifs is 1. The number of para-hydroxylation sites is 1. The number of hydrogen-bond acceptors (Lipinski definition) is 4. The van der Waals surface area contributed by atoms with E-state index in [0.717, 1.165) is 47.4 Å². The monoisotopic (exact) mass is 445 g/mol. The maximum Gasteiger partial charge on any atom is 0.130 e. The number of hydrogen-bond donors (Lipinski definition) is 1. The summed E-state index contributed by atoms with van der Waals surface area (Å²) < 4.78 is 12.6. The van der Waals surface area contributed by atoms with E-state index in [9.17, 15) is 5.11 Å². The van der Waals surface area contributed by atoms with E-state index in [1.54, 1.807) is 0 Å². The van der Waals surface area contributed by atoms with E-state index in [2.05, 4.69) is 67.4 Å². The van der Waals surface area contributed by atoms with Gasteiger partial charge in [0.15, 0.2) is 0 Å². The van der Waals surface area contributed by atoms with Crippen LogP contribution in [-0.2, 0) is 24.3 Å². The van der Waals surface area contributed by atoms with Crippen molar-refractivity contribution in [3.05, 3.63) is 88.0 Å². The molecule has 1 heterocycles. The number of rotatable bonds is 7. The highest BCUT2D eigenvalue weighted by atomic mass is 16.5. The Balaban J connectivity index is 1.38. The Labute approximate surface area is 197 Å². The molecule has 0 saturated carbocycles. The molecule has 0 amide bonds. The maximum atomic E-state index is 10.4. The van der Waals surface area contributed by atoms with Crippen molar-refractivity contribution in [2.24, 2.45) is 0 Å². The molecule has 0 spiro atoms. The summed E-state index contributed by atoms with van der Waals surface area (Å²) >= 11 is 0. The third-order valence-corrected chi connectivity index (χ3v) is 6.88. The van der Waals surface area contributed by atoms with Crippen LogP contribution in [0.2, 0.25) is 0 Å². The zero-order chi connectivity index (χ0) is 23.6. The number of anilines is 1. The maximum absolute atomic E-state index is 10.4. The fourth-order valence-corrected chi connectivity index (χ4v) is 4.65. The first-order valence-electron chi connectivity index (χ1n) is 11.7. The lowest BCUT2D eigenvalue weighted by Crippen LogP contribution is -2.41. The molecule has 174 valence electrons. The van der Waals surface area contributed by atoms with Crippen molar-refractivity contribution in [3.63, 3.8) is 0 Å². The van der Waals surface area contributed by atoms with E-state index in [-0.39, 0.29) is 5.60 Å². The third-order valence-electron chi connectivity index (χ3n) is 6.88. The topological polar surface area (TPSA) is 41.9 Å². The highest BCUT2D eigenvalue weighted by Gasteiger charge is 2.34. The molecule has 1 unspecified atom stereocenters. The Morgan fingerprint density at radius 3 is 2.45 bits per heavy atom. The molecular weight excluding hydrogens is 410 g/mol. The molecule has 1 aliphatic rings. The first kappa shape index (κ1) is 23.2. The van der Waals surface area contributed by atoms with Gasteiger partial charge in [-0.15, -0.1) is 0 Å². The molecule has 1 atom stereocenters. The molecule has 0 aromatic heterocycles. The molecule has 3 aromatic rings. The molecule has 0 fully saturated rings. The lowest BCUT2D eigenvalue weighted by atomic mass is 9.87. The largest absolute Gasteiger partial charge is 0.507 e.